The molecule has 3 amide bonds. The number of halogens is 2. The number of imide groups is 1. The first-order valence-electron chi connectivity index (χ1n) is 9.07. The molecule has 1 atom stereocenters. The van der Waals surface area contributed by atoms with Gasteiger partial charge < -0.3 is 5.32 Å². The molecule has 152 valence electrons. The van der Waals surface area contributed by atoms with Crippen LogP contribution in [0.3, 0.4) is 0 Å². The lowest BCUT2D eigenvalue weighted by Crippen LogP contribution is -2.41. The molecule has 0 radical (unpaired) electrons. The molecular formula is C20H20Cl2N4O3. The van der Waals surface area contributed by atoms with Crippen molar-refractivity contribution in [3.05, 3.63) is 57.6 Å². The summed E-state index contributed by atoms with van der Waals surface area (Å²) >= 11 is 12.8. The normalized spacial score (nSPS) is 17.0. The van der Waals surface area contributed by atoms with Crippen LogP contribution in [0.25, 0.3) is 0 Å². The van der Waals surface area contributed by atoms with Crippen LogP contribution in [0.1, 0.15) is 49.6 Å². The van der Waals surface area contributed by atoms with Crippen molar-refractivity contribution < 1.29 is 14.4 Å². The third-order valence-corrected chi connectivity index (χ3v) is 5.50. The van der Waals surface area contributed by atoms with Crippen LogP contribution in [-0.2, 0) is 26.3 Å². The van der Waals surface area contributed by atoms with Crippen molar-refractivity contribution in [1.29, 1.82) is 0 Å². The number of nitrogens with zero attached hydrogens (tertiary/aromatic N) is 2. The Labute approximate surface area is 178 Å². The topological polar surface area (TPSA) is 101 Å². The highest BCUT2D eigenvalue weighted by atomic mass is 35.5. The minimum absolute atomic E-state index is 0.199. The summed E-state index contributed by atoms with van der Waals surface area (Å²) < 4.78 is 0. The molecule has 0 bridgehead atoms. The largest absolute Gasteiger partial charge is 0.351 e. The van der Waals surface area contributed by atoms with Gasteiger partial charge in [-0.15, -0.1) is 0 Å². The molecule has 1 aromatic heterocycles. The highest BCUT2D eigenvalue weighted by Gasteiger charge is 2.33. The van der Waals surface area contributed by atoms with Crippen molar-refractivity contribution in [3.8, 4) is 0 Å². The van der Waals surface area contributed by atoms with Gasteiger partial charge in [-0.05, 0) is 44.0 Å². The number of aromatic nitrogens is 2. The molecule has 1 aromatic carbocycles. The summed E-state index contributed by atoms with van der Waals surface area (Å²) in [5.74, 6) is -1.11. The van der Waals surface area contributed by atoms with Crippen molar-refractivity contribution in [2.24, 2.45) is 0 Å². The van der Waals surface area contributed by atoms with Crippen LogP contribution in [0.5, 0.6) is 0 Å². The molecule has 1 unspecified atom stereocenters. The molecule has 7 nitrogen and oxygen atoms in total. The second-order valence-corrected chi connectivity index (χ2v) is 8.17. The van der Waals surface area contributed by atoms with E-state index >= 15 is 0 Å². The Hall–Kier alpha value is -2.51. The standard InChI is InChI=1S/C20H20Cl2N4O3/c1-20(2,18-23-6-3-7-24-18)19(29)25-10-11-8-13(21)16(14(22)9-11)12-4-5-15(27)26-17(12)28/h3,6-9,12H,4-5,10H2,1-2H3,(H,25,29)(H,26,27,28). The number of carbonyl (C=O) groups excluding carboxylic acids is 3. The van der Waals surface area contributed by atoms with Crippen LogP contribution >= 0.6 is 23.2 Å². The van der Waals surface area contributed by atoms with Crippen LogP contribution in [0.2, 0.25) is 10.0 Å². The van der Waals surface area contributed by atoms with E-state index in [1.807, 2.05) is 0 Å². The Bertz CT molecular complexity index is 940. The fraction of sp³-hybridized carbons (Fsp3) is 0.350. The quantitative estimate of drug-likeness (QED) is 0.704. The van der Waals surface area contributed by atoms with E-state index in [2.05, 4.69) is 20.6 Å². The van der Waals surface area contributed by atoms with Gasteiger partial charge in [-0.3, -0.25) is 19.7 Å². The van der Waals surface area contributed by atoms with Crippen molar-refractivity contribution in [2.75, 3.05) is 0 Å². The Balaban J connectivity index is 1.73. The maximum Gasteiger partial charge on any atom is 0.234 e. The zero-order valence-corrected chi connectivity index (χ0v) is 17.5. The third kappa shape index (κ3) is 4.57. The molecule has 2 aromatic rings. The summed E-state index contributed by atoms with van der Waals surface area (Å²) in [7, 11) is 0. The molecule has 1 fully saturated rings. The summed E-state index contributed by atoms with van der Waals surface area (Å²) in [5, 5.41) is 5.79. The molecular weight excluding hydrogens is 415 g/mol. The zero-order chi connectivity index (χ0) is 21.2. The number of benzene rings is 1. The number of amides is 3. The predicted octanol–water partition coefficient (Wildman–Crippen LogP) is 2.90. The Kier molecular flexibility index (Phi) is 6.19. The highest BCUT2D eigenvalue weighted by Crippen LogP contribution is 2.36. The summed E-state index contributed by atoms with van der Waals surface area (Å²) in [6.45, 7) is 3.68. The number of hydrogen-bond acceptors (Lipinski definition) is 5. The van der Waals surface area contributed by atoms with Crippen molar-refractivity contribution in [1.82, 2.24) is 20.6 Å². The minimum atomic E-state index is -0.915. The van der Waals surface area contributed by atoms with Crippen molar-refractivity contribution in [2.45, 2.75) is 44.6 Å². The van der Waals surface area contributed by atoms with Gasteiger partial charge in [-0.2, -0.15) is 0 Å². The number of piperidine rings is 1. The molecule has 0 aliphatic carbocycles. The first kappa shape index (κ1) is 21.2. The molecule has 1 aliphatic heterocycles. The van der Waals surface area contributed by atoms with E-state index in [1.165, 1.54) is 0 Å². The number of nitrogens with one attached hydrogen (secondary N) is 2. The van der Waals surface area contributed by atoms with E-state index in [0.29, 0.717) is 33.4 Å². The maximum atomic E-state index is 12.7. The fourth-order valence-corrected chi connectivity index (χ4v) is 3.96. The summed E-state index contributed by atoms with van der Waals surface area (Å²) in [4.78, 5) is 44.5. The fourth-order valence-electron chi connectivity index (χ4n) is 3.17. The molecule has 0 saturated carbocycles. The highest BCUT2D eigenvalue weighted by molar-refractivity contribution is 6.36. The first-order valence-corrected chi connectivity index (χ1v) is 9.83. The zero-order valence-electron chi connectivity index (χ0n) is 16.0. The monoisotopic (exact) mass is 434 g/mol. The number of hydrogen-bond donors (Lipinski definition) is 2. The van der Waals surface area contributed by atoms with Gasteiger partial charge in [-0.1, -0.05) is 23.2 Å². The Morgan fingerprint density at radius 2 is 1.83 bits per heavy atom. The van der Waals surface area contributed by atoms with E-state index in [0.717, 1.165) is 0 Å². The number of rotatable bonds is 5. The second kappa shape index (κ2) is 8.47. The average molecular weight is 435 g/mol. The minimum Gasteiger partial charge on any atom is -0.351 e. The van der Waals surface area contributed by atoms with E-state index in [9.17, 15) is 14.4 Å². The molecule has 3 rings (SSSR count). The van der Waals surface area contributed by atoms with Gasteiger partial charge in [0.1, 0.15) is 11.2 Å². The first-order chi connectivity index (χ1) is 13.7. The average Bonchev–Trinajstić information content (AvgIpc) is 2.67. The number of carbonyl (C=O) groups is 3. The maximum absolute atomic E-state index is 12.7. The molecule has 1 saturated heterocycles. The van der Waals surface area contributed by atoms with Gasteiger partial charge in [0.15, 0.2) is 0 Å². The Morgan fingerprint density at radius 1 is 1.21 bits per heavy atom. The lowest BCUT2D eigenvalue weighted by molar-refractivity contribution is -0.134. The SMILES string of the molecule is CC(C)(C(=O)NCc1cc(Cl)c(C2CCC(=O)NC2=O)c(Cl)c1)c1ncccn1. The Morgan fingerprint density at radius 3 is 2.41 bits per heavy atom. The molecule has 2 N–H and O–H groups in total. The van der Waals surface area contributed by atoms with Crippen LogP contribution in [-0.4, -0.2) is 27.7 Å². The predicted molar refractivity (Wildman–Crippen MR) is 108 cm³/mol. The summed E-state index contributed by atoms with van der Waals surface area (Å²) in [6, 6.07) is 5.02. The molecule has 29 heavy (non-hydrogen) atoms. The van der Waals surface area contributed by atoms with Gasteiger partial charge in [-0.25, -0.2) is 9.97 Å². The van der Waals surface area contributed by atoms with Crippen molar-refractivity contribution >= 4 is 40.9 Å². The van der Waals surface area contributed by atoms with Gasteiger partial charge in [0, 0.05) is 41.0 Å². The second-order valence-electron chi connectivity index (χ2n) is 7.36. The molecule has 9 heteroatoms. The van der Waals surface area contributed by atoms with Gasteiger partial charge >= 0.3 is 0 Å². The van der Waals surface area contributed by atoms with Crippen molar-refractivity contribution in [3.63, 3.8) is 0 Å². The smallest absolute Gasteiger partial charge is 0.234 e. The van der Waals surface area contributed by atoms with Crippen LogP contribution in [0.15, 0.2) is 30.6 Å². The van der Waals surface area contributed by atoms with Gasteiger partial charge in [0.25, 0.3) is 0 Å². The van der Waals surface area contributed by atoms with Crippen LogP contribution in [0, 0.1) is 0 Å². The van der Waals surface area contributed by atoms with E-state index < -0.39 is 17.2 Å². The summed E-state index contributed by atoms with van der Waals surface area (Å²) in [5.41, 5.74) is 0.266. The van der Waals surface area contributed by atoms with Gasteiger partial charge in [0.05, 0.1) is 5.92 Å². The third-order valence-electron chi connectivity index (χ3n) is 4.87. The van der Waals surface area contributed by atoms with E-state index in [-0.39, 0.29) is 24.8 Å². The lowest BCUT2D eigenvalue weighted by atomic mass is 9.89. The van der Waals surface area contributed by atoms with E-state index in [1.54, 1.807) is 44.4 Å². The molecule has 1 aliphatic rings. The van der Waals surface area contributed by atoms with Crippen LogP contribution < -0.4 is 10.6 Å². The summed E-state index contributed by atoms with van der Waals surface area (Å²) in [6.07, 6.45) is 3.76. The van der Waals surface area contributed by atoms with Crippen LogP contribution in [0.4, 0.5) is 0 Å². The van der Waals surface area contributed by atoms with Gasteiger partial charge in [0.2, 0.25) is 17.7 Å². The lowest BCUT2D eigenvalue weighted by Gasteiger charge is -2.24. The molecule has 2 heterocycles. The van der Waals surface area contributed by atoms with E-state index in [4.69, 9.17) is 23.2 Å². The molecule has 0 spiro atoms.